The predicted molar refractivity (Wildman–Crippen MR) is 73.2 cm³/mol. The first kappa shape index (κ1) is 14.3. The highest BCUT2D eigenvalue weighted by molar-refractivity contribution is 6.31. The Labute approximate surface area is 117 Å². The molecule has 1 saturated carbocycles. The van der Waals surface area contributed by atoms with Gasteiger partial charge >= 0.3 is 5.97 Å². The third kappa shape index (κ3) is 3.28. The minimum Gasteiger partial charge on any atom is -0.481 e. The molecule has 0 bridgehead atoms. The van der Waals surface area contributed by atoms with Gasteiger partial charge in [0.15, 0.2) is 0 Å². The van der Waals surface area contributed by atoms with Gasteiger partial charge in [0.25, 0.3) is 0 Å². The zero-order valence-electron chi connectivity index (χ0n) is 11.3. The average molecular weight is 286 g/mol. The lowest BCUT2D eigenvalue weighted by Gasteiger charge is -2.27. The molecule has 0 unspecified atom stereocenters. The Morgan fingerprint density at radius 3 is 2.58 bits per heavy atom. The molecule has 0 aliphatic heterocycles. The maximum atomic E-state index is 10.9. The highest BCUT2D eigenvalue weighted by Gasteiger charge is 2.25. The summed E-state index contributed by atoms with van der Waals surface area (Å²) in [6, 6.07) is 0.377. The summed E-state index contributed by atoms with van der Waals surface area (Å²) in [5, 5.41) is 17.4. The van der Waals surface area contributed by atoms with Gasteiger partial charge in [-0.05, 0) is 32.6 Å². The molecule has 0 amide bonds. The standard InChI is InChI=1S/C13H20ClN3O2/c1-8-12(14)11(17(2)16-8)7-15-10-5-3-9(4-6-10)13(18)19/h9-10,15H,3-7H2,1-2H3,(H,18,19). The van der Waals surface area contributed by atoms with E-state index in [1.165, 1.54) is 0 Å². The molecule has 2 N–H and O–H groups in total. The molecule has 5 nitrogen and oxygen atoms in total. The fourth-order valence-electron chi connectivity index (χ4n) is 2.66. The Bertz CT molecular complexity index is 465. The number of hydrogen-bond acceptors (Lipinski definition) is 3. The first-order valence-corrected chi connectivity index (χ1v) is 7.01. The molecular weight excluding hydrogens is 266 g/mol. The van der Waals surface area contributed by atoms with Crippen molar-refractivity contribution in [1.29, 1.82) is 0 Å². The summed E-state index contributed by atoms with van der Waals surface area (Å²) < 4.78 is 1.80. The molecule has 0 aromatic carbocycles. The van der Waals surface area contributed by atoms with Crippen molar-refractivity contribution in [3.8, 4) is 0 Å². The Morgan fingerprint density at radius 2 is 2.11 bits per heavy atom. The van der Waals surface area contributed by atoms with Crippen LogP contribution in [0.5, 0.6) is 0 Å². The Balaban J connectivity index is 1.85. The van der Waals surface area contributed by atoms with Crippen LogP contribution in [0, 0.1) is 12.8 Å². The normalized spacial score (nSPS) is 23.5. The van der Waals surface area contributed by atoms with Crippen molar-refractivity contribution in [2.75, 3.05) is 0 Å². The number of aliphatic carboxylic acids is 1. The summed E-state index contributed by atoms with van der Waals surface area (Å²) in [6.07, 6.45) is 3.33. The second-order valence-corrected chi connectivity index (χ2v) is 5.62. The number of aromatic nitrogens is 2. The molecule has 1 heterocycles. The summed E-state index contributed by atoms with van der Waals surface area (Å²) in [7, 11) is 1.89. The van der Waals surface area contributed by atoms with Gasteiger partial charge in [0, 0.05) is 19.6 Å². The van der Waals surface area contributed by atoms with E-state index in [9.17, 15) is 4.79 Å². The van der Waals surface area contributed by atoms with Crippen LogP contribution >= 0.6 is 11.6 Å². The van der Waals surface area contributed by atoms with Crippen LogP contribution in [0.2, 0.25) is 5.02 Å². The minimum atomic E-state index is -0.663. The van der Waals surface area contributed by atoms with Crippen LogP contribution in [0.3, 0.4) is 0 Å². The summed E-state index contributed by atoms with van der Waals surface area (Å²) in [5.74, 6) is -0.829. The molecule has 1 aromatic heterocycles. The van der Waals surface area contributed by atoms with Crippen molar-refractivity contribution in [1.82, 2.24) is 15.1 Å². The topological polar surface area (TPSA) is 67.2 Å². The van der Waals surface area contributed by atoms with Gasteiger partial charge < -0.3 is 10.4 Å². The molecule has 0 spiro atoms. The summed E-state index contributed by atoms with van der Waals surface area (Å²) >= 11 is 6.20. The van der Waals surface area contributed by atoms with E-state index in [1.807, 2.05) is 14.0 Å². The van der Waals surface area contributed by atoms with Gasteiger partial charge in [0.2, 0.25) is 0 Å². The smallest absolute Gasteiger partial charge is 0.306 e. The predicted octanol–water partition coefficient (Wildman–Crippen LogP) is 2.11. The first-order chi connectivity index (χ1) is 8.99. The van der Waals surface area contributed by atoms with E-state index in [2.05, 4.69) is 10.4 Å². The number of hydrogen-bond donors (Lipinski definition) is 2. The lowest BCUT2D eigenvalue weighted by Crippen LogP contribution is -2.35. The van der Waals surface area contributed by atoms with E-state index in [0.29, 0.717) is 17.6 Å². The molecule has 0 atom stereocenters. The van der Waals surface area contributed by atoms with Crippen LogP contribution < -0.4 is 5.32 Å². The van der Waals surface area contributed by atoms with Crippen LogP contribution in [0.4, 0.5) is 0 Å². The SMILES string of the molecule is Cc1nn(C)c(CNC2CCC(C(=O)O)CC2)c1Cl. The molecule has 1 aliphatic rings. The van der Waals surface area contributed by atoms with Gasteiger partial charge in [-0.25, -0.2) is 0 Å². The number of nitrogens with zero attached hydrogens (tertiary/aromatic N) is 2. The number of carboxylic acid groups (broad SMARTS) is 1. The molecule has 0 saturated heterocycles. The van der Waals surface area contributed by atoms with Crippen LogP contribution in [0.25, 0.3) is 0 Å². The second-order valence-electron chi connectivity index (χ2n) is 5.24. The van der Waals surface area contributed by atoms with Crippen molar-refractivity contribution in [2.45, 2.75) is 45.2 Å². The van der Waals surface area contributed by atoms with Crippen molar-refractivity contribution < 1.29 is 9.90 Å². The van der Waals surface area contributed by atoms with Crippen LogP contribution in [0.1, 0.15) is 37.1 Å². The highest BCUT2D eigenvalue weighted by atomic mass is 35.5. The third-order valence-corrected chi connectivity index (χ3v) is 4.39. The van der Waals surface area contributed by atoms with Crippen LogP contribution in [-0.4, -0.2) is 26.9 Å². The van der Waals surface area contributed by atoms with E-state index in [-0.39, 0.29) is 5.92 Å². The Hall–Kier alpha value is -1.07. The molecule has 0 radical (unpaired) electrons. The molecule has 2 rings (SSSR count). The third-order valence-electron chi connectivity index (χ3n) is 3.90. The van der Waals surface area contributed by atoms with E-state index in [4.69, 9.17) is 16.7 Å². The second kappa shape index (κ2) is 5.92. The fourth-order valence-corrected chi connectivity index (χ4v) is 2.88. The lowest BCUT2D eigenvalue weighted by atomic mass is 9.86. The molecule has 1 aromatic rings. The molecule has 1 aliphatic carbocycles. The van der Waals surface area contributed by atoms with Crippen molar-refractivity contribution >= 4 is 17.6 Å². The van der Waals surface area contributed by atoms with E-state index >= 15 is 0 Å². The van der Waals surface area contributed by atoms with Crippen LogP contribution in [0.15, 0.2) is 0 Å². The first-order valence-electron chi connectivity index (χ1n) is 6.63. The number of halogens is 1. The maximum absolute atomic E-state index is 10.9. The number of rotatable bonds is 4. The Morgan fingerprint density at radius 1 is 1.47 bits per heavy atom. The molecule has 19 heavy (non-hydrogen) atoms. The van der Waals surface area contributed by atoms with Crippen LogP contribution in [-0.2, 0) is 18.4 Å². The van der Waals surface area contributed by atoms with Gasteiger partial charge in [-0.2, -0.15) is 5.10 Å². The lowest BCUT2D eigenvalue weighted by molar-refractivity contribution is -0.142. The fraction of sp³-hybridized carbons (Fsp3) is 0.692. The number of aryl methyl sites for hydroxylation is 2. The number of carbonyl (C=O) groups is 1. The molecule has 106 valence electrons. The highest BCUT2D eigenvalue weighted by Crippen LogP contribution is 2.25. The minimum absolute atomic E-state index is 0.166. The van der Waals surface area contributed by atoms with Gasteiger partial charge in [0.05, 0.1) is 22.3 Å². The van der Waals surface area contributed by atoms with Gasteiger partial charge in [0.1, 0.15) is 0 Å². The zero-order valence-corrected chi connectivity index (χ0v) is 12.1. The van der Waals surface area contributed by atoms with E-state index in [1.54, 1.807) is 4.68 Å². The summed E-state index contributed by atoms with van der Waals surface area (Å²) in [6.45, 7) is 2.57. The average Bonchev–Trinajstić information content (AvgIpc) is 2.62. The monoisotopic (exact) mass is 285 g/mol. The van der Waals surface area contributed by atoms with E-state index in [0.717, 1.165) is 37.1 Å². The summed E-state index contributed by atoms with van der Waals surface area (Å²) in [5.41, 5.74) is 1.83. The maximum Gasteiger partial charge on any atom is 0.306 e. The van der Waals surface area contributed by atoms with Gasteiger partial charge in [-0.1, -0.05) is 11.6 Å². The van der Waals surface area contributed by atoms with Crippen molar-refractivity contribution in [2.24, 2.45) is 13.0 Å². The zero-order chi connectivity index (χ0) is 14.0. The Kier molecular flexibility index (Phi) is 4.47. The van der Waals surface area contributed by atoms with Gasteiger partial charge in [-0.3, -0.25) is 9.48 Å². The number of nitrogens with one attached hydrogen (secondary N) is 1. The van der Waals surface area contributed by atoms with Crippen molar-refractivity contribution in [3.05, 3.63) is 16.4 Å². The van der Waals surface area contributed by atoms with Crippen molar-refractivity contribution in [3.63, 3.8) is 0 Å². The van der Waals surface area contributed by atoms with Gasteiger partial charge in [-0.15, -0.1) is 0 Å². The largest absolute Gasteiger partial charge is 0.481 e. The van der Waals surface area contributed by atoms with E-state index < -0.39 is 5.97 Å². The quantitative estimate of drug-likeness (QED) is 0.889. The molecular formula is C13H20ClN3O2. The molecule has 1 fully saturated rings. The molecule has 6 heteroatoms. The number of carboxylic acids is 1. The summed E-state index contributed by atoms with van der Waals surface area (Å²) in [4.78, 5) is 10.9.